The quantitative estimate of drug-likeness (QED) is 0.879. The number of anilines is 1. The van der Waals surface area contributed by atoms with Crippen LogP contribution in [-0.4, -0.2) is 20.5 Å². The zero-order chi connectivity index (χ0) is 14.4. The van der Waals surface area contributed by atoms with Crippen LogP contribution in [0, 0.1) is 0 Å². The highest BCUT2D eigenvalue weighted by Crippen LogP contribution is 2.39. The second-order valence-corrected chi connectivity index (χ2v) is 5.71. The molecule has 1 unspecified atom stereocenters. The summed E-state index contributed by atoms with van der Waals surface area (Å²) in [7, 11) is 0. The first-order valence-corrected chi connectivity index (χ1v) is 7.30. The minimum atomic E-state index is -0.219. The van der Waals surface area contributed by atoms with E-state index in [4.69, 9.17) is 11.6 Å². The summed E-state index contributed by atoms with van der Waals surface area (Å²) in [6, 6.07) is 7.34. The lowest BCUT2D eigenvalue weighted by Crippen LogP contribution is -2.31. The Balaban J connectivity index is 1.91. The second-order valence-electron chi connectivity index (χ2n) is 5.28. The molecule has 1 aliphatic heterocycles. The first kappa shape index (κ1) is 12.6. The third kappa shape index (κ3) is 1.96. The zero-order valence-electron chi connectivity index (χ0n) is 11.2. The lowest BCUT2D eigenvalue weighted by molar-refractivity contribution is -0.116. The van der Waals surface area contributed by atoms with Crippen LogP contribution in [0.3, 0.4) is 0 Å². The molecular weight excluding hydrogens is 288 g/mol. The van der Waals surface area contributed by atoms with Gasteiger partial charge in [0.05, 0.1) is 0 Å². The van der Waals surface area contributed by atoms with Crippen molar-refractivity contribution in [2.24, 2.45) is 0 Å². The fourth-order valence-electron chi connectivity index (χ4n) is 3.05. The van der Waals surface area contributed by atoms with Crippen LogP contribution in [0.25, 0.3) is 0 Å². The molecule has 0 amide bonds. The van der Waals surface area contributed by atoms with Crippen molar-refractivity contribution in [3.05, 3.63) is 52.4 Å². The van der Waals surface area contributed by atoms with E-state index in [9.17, 15) is 4.79 Å². The van der Waals surface area contributed by atoms with Crippen molar-refractivity contribution in [3.8, 4) is 0 Å². The molecule has 6 heteroatoms. The van der Waals surface area contributed by atoms with E-state index in [1.54, 1.807) is 4.68 Å². The first-order valence-electron chi connectivity index (χ1n) is 6.92. The first-order chi connectivity index (χ1) is 10.2. The van der Waals surface area contributed by atoms with Gasteiger partial charge in [0.2, 0.25) is 5.95 Å². The van der Waals surface area contributed by atoms with Crippen molar-refractivity contribution in [2.75, 3.05) is 5.32 Å². The average Bonchev–Trinajstić information content (AvgIpc) is 2.94. The number of nitrogens with zero attached hydrogens (tertiary/aromatic N) is 3. The monoisotopic (exact) mass is 300 g/mol. The molecule has 1 aromatic carbocycles. The van der Waals surface area contributed by atoms with Gasteiger partial charge in [-0.05, 0) is 30.5 Å². The van der Waals surface area contributed by atoms with Gasteiger partial charge in [0.25, 0.3) is 0 Å². The number of rotatable bonds is 1. The number of fused-ring (bicyclic) bond motifs is 1. The van der Waals surface area contributed by atoms with Gasteiger partial charge in [-0.15, -0.1) is 0 Å². The van der Waals surface area contributed by atoms with Crippen molar-refractivity contribution in [3.63, 3.8) is 0 Å². The van der Waals surface area contributed by atoms with Crippen LogP contribution >= 0.6 is 11.6 Å². The molecule has 2 heterocycles. The number of halogens is 1. The minimum Gasteiger partial charge on any atom is -0.328 e. The third-order valence-electron chi connectivity index (χ3n) is 4.00. The fraction of sp³-hybridized carbons (Fsp3) is 0.267. The Morgan fingerprint density at radius 3 is 2.86 bits per heavy atom. The molecule has 5 nitrogen and oxygen atoms in total. The number of allylic oxidation sites excluding steroid dienone is 2. The topological polar surface area (TPSA) is 59.8 Å². The number of Topliss-reactive ketones (excluding diaryl/α,β-unsaturated/α-hetero) is 1. The molecule has 0 spiro atoms. The van der Waals surface area contributed by atoms with Crippen molar-refractivity contribution in [2.45, 2.75) is 25.3 Å². The summed E-state index contributed by atoms with van der Waals surface area (Å²) in [5.74, 6) is 0.869. The van der Waals surface area contributed by atoms with Gasteiger partial charge < -0.3 is 5.32 Å². The lowest BCUT2D eigenvalue weighted by atomic mass is 9.85. The summed E-state index contributed by atoms with van der Waals surface area (Å²) in [6.07, 6.45) is 3.85. The molecule has 1 aliphatic carbocycles. The van der Waals surface area contributed by atoms with Crippen LogP contribution in [0.1, 0.15) is 30.9 Å². The Kier molecular flexibility index (Phi) is 2.82. The molecule has 0 bridgehead atoms. The highest BCUT2D eigenvalue weighted by atomic mass is 35.5. The highest BCUT2D eigenvalue weighted by Gasteiger charge is 2.35. The smallest absolute Gasteiger partial charge is 0.226 e. The molecule has 1 atom stereocenters. The van der Waals surface area contributed by atoms with Crippen LogP contribution in [0.4, 0.5) is 5.95 Å². The zero-order valence-corrected chi connectivity index (χ0v) is 12.0. The molecule has 106 valence electrons. The van der Waals surface area contributed by atoms with Crippen LogP contribution in [0.5, 0.6) is 0 Å². The summed E-state index contributed by atoms with van der Waals surface area (Å²) in [6.45, 7) is 0. The van der Waals surface area contributed by atoms with Crippen molar-refractivity contribution < 1.29 is 4.79 Å². The maximum Gasteiger partial charge on any atom is 0.226 e. The number of benzene rings is 1. The van der Waals surface area contributed by atoms with Gasteiger partial charge in [-0.25, -0.2) is 4.68 Å². The molecule has 21 heavy (non-hydrogen) atoms. The summed E-state index contributed by atoms with van der Waals surface area (Å²) in [5, 5.41) is 8.21. The van der Waals surface area contributed by atoms with E-state index in [1.165, 1.54) is 6.33 Å². The molecule has 2 aliphatic rings. The number of carbonyl (C=O) groups excluding carboxylic acids is 1. The number of carbonyl (C=O) groups is 1. The predicted octanol–water partition coefficient (Wildman–Crippen LogP) is 2.95. The van der Waals surface area contributed by atoms with E-state index in [-0.39, 0.29) is 11.8 Å². The van der Waals surface area contributed by atoms with Gasteiger partial charge in [0.15, 0.2) is 5.78 Å². The van der Waals surface area contributed by atoms with Crippen molar-refractivity contribution in [1.82, 2.24) is 14.8 Å². The van der Waals surface area contributed by atoms with Gasteiger partial charge in [0.1, 0.15) is 12.4 Å². The molecule has 0 saturated heterocycles. The molecule has 1 aromatic heterocycles. The van der Waals surface area contributed by atoms with Gasteiger partial charge in [-0.1, -0.05) is 23.7 Å². The molecular formula is C15H13ClN4O. The fourth-order valence-corrected chi connectivity index (χ4v) is 3.18. The standard InChI is InChI=1S/C15H13ClN4O/c16-10-6-4-9(5-7-10)14-13-11(2-1-3-12(13)21)19-15-17-8-18-20(14)15/h4-8,14H,1-3H2,(H,17,18,19). The number of ketones is 1. The minimum absolute atomic E-state index is 0.185. The average molecular weight is 301 g/mol. The highest BCUT2D eigenvalue weighted by molar-refractivity contribution is 6.30. The van der Waals surface area contributed by atoms with Crippen LogP contribution in [0.15, 0.2) is 41.9 Å². The summed E-state index contributed by atoms with van der Waals surface area (Å²) in [5.41, 5.74) is 2.78. The van der Waals surface area contributed by atoms with Crippen molar-refractivity contribution in [1.29, 1.82) is 0 Å². The Morgan fingerprint density at radius 1 is 1.24 bits per heavy atom. The van der Waals surface area contributed by atoms with Crippen molar-refractivity contribution >= 4 is 23.3 Å². The van der Waals surface area contributed by atoms with Gasteiger partial charge in [0, 0.05) is 22.7 Å². The summed E-state index contributed by atoms with van der Waals surface area (Å²) in [4.78, 5) is 16.7. The Hall–Kier alpha value is -2.14. The summed E-state index contributed by atoms with van der Waals surface area (Å²) >= 11 is 5.97. The second kappa shape index (κ2) is 4.70. The summed E-state index contributed by atoms with van der Waals surface area (Å²) < 4.78 is 1.77. The lowest BCUT2D eigenvalue weighted by Gasteiger charge is -2.32. The maximum absolute atomic E-state index is 12.4. The molecule has 2 aromatic rings. The largest absolute Gasteiger partial charge is 0.328 e. The number of aromatic nitrogens is 3. The van der Waals surface area contributed by atoms with Gasteiger partial charge >= 0.3 is 0 Å². The van der Waals surface area contributed by atoms with Crippen LogP contribution in [0.2, 0.25) is 5.02 Å². The van der Waals surface area contributed by atoms with E-state index >= 15 is 0 Å². The molecule has 4 rings (SSSR count). The third-order valence-corrected chi connectivity index (χ3v) is 4.25. The Labute approximate surface area is 126 Å². The molecule has 0 fully saturated rings. The van der Waals surface area contributed by atoms with Crippen LogP contribution < -0.4 is 5.32 Å². The van der Waals surface area contributed by atoms with E-state index in [1.807, 2.05) is 24.3 Å². The van der Waals surface area contributed by atoms with Crippen LogP contribution in [-0.2, 0) is 4.79 Å². The Bertz CT molecular complexity index is 747. The normalized spacial score (nSPS) is 20.8. The molecule has 1 N–H and O–H groups in total. The number of hydrogen-bond acceptors (Lipinski definition) is 4. The Morgan fingerprint density at radius 2 is 2.05 bits per heavy atom. The van der Waals surface area contributed by atoms with Gasteiger partial charge in [-0.3, -0.25) is 4.79 Å². The number of hydrogen-bond donors (Lipinski definition) is 1. The van der Waals surface area contributed by atoms with E-state index in [0.29, 0.717) is 17.4 Å². The maximum atomic E-state index is 12.4. The van der Waals surface area contributed by atoms with E-state index < -0.39 is 0 Å². The van der Waals surface area contributed by atoms with E-state index in [2.05, 4.69) is 15.4 Å². The number of nitrogens with one attached hydrogen (secondary N) is 1. The van der Waals surface area contributed by atoms with E-state index in [0.717, 1.165) is 29.7 Å². The predicted molar refractivity (Wildman–Crippen MR) is 79.1 cm³/mol. The molecule has 0 saturated carbocycles. The van der Waals surface area contributed by atoms with Gasteiger partial charge in [-0.2, -0.15) is 10.1 Å². The SMILES string of the molecule is O=C1CCCC2=C1C(c1ccc(Cl)cc1)n1ncnc1N2. The molecule has 0 radical (unpaired) electrons.